The number of rotatable bonds is 7. The van der Waals surface area contributed by atoms with Crippen molar-refractivity contribution in [2.75, 3.05) is 37.4 Å². The van der Waals surface area contributed by atoms with Crippen LogP contribution >= 0.6 is 11.8 Å². The van der Waals surface area contributed by atoms with E-state index in [1.54, 1.807) is 30.0 Å². The predicted molar refractivity (Wildman–Crippen MR) is 119 cm³/mol. The first-order chi connectivity index (χ1) is 13.8. The van der Waals surface area contributed by atoms with Crippen molar-refractivity contribution < 1.29 is 13.2 Å². The van der Waals surface area contributed by atoms with E-state index in [0.29, 0.717) is 25.2 Å². The molecule has 1 aliphatic heterocycles. The highest BCUT2D eigenvalue weighted by Gasteiger charge is 2.29. The fourth-order valence-corrected chi connectivity index (χ4v) is 6.10. The van der Waals surface area contributed by atoms with E-state index in [-0.39, 0.29) is 16.1 Å². The number of nitrogens with zero attached hydrogens (tertiary/aromatic N) is 2. The molecule has 0 fully saturated rings. The third kappa shape index (κ3) is 4.44. The van der Waals surface area contributed by atoms with Crippen molar-refractivity contribution in [3.8, 4) is 0 Å². The molecule has 1 N–H and O–H groups in total. The fourth-order valence-electron chi connectivity index (χ4n) is 3.42. The summed E-state index contributed by atoms with van der Waals surface area (Å²) in [4.78, 5) is 16.1. The van der Waals surface area contributed by atoms with Crippen molar-refractivity contribution in [2.45, 2.75) is 35.3 Å². The summed E-state index contributed by atoms with van der Waals surface area (Å²) in [6, 6.07) is 12.9. The summed E-state index contributed by atoms with van der Waals surface area (Å²) in [5, 5.41) is 2.74. The Morgan fingerprint density at radius 1 is 1.14 bits per heavy atom. The van der Waals surface area contributed by atoms with E-state index in [9.17, 15) is 13.2 Å². The fraction of sp³-hybridized carbons (Fsp3) is 0.381. The lowest BCUT2D eigenvalue weighted by atomic mass is 10.1. The molecule has 156 valence electrons. The summed E-state index contributed by atoms with van der Waals surface area (Å²) in [6.45, 7) is 4.42. The lowest BCUT2D eigenvalue weighted by molar-refractivity contribution is -0.115. The van der Waals surface area contributed by atoms with Crippen molar-refractivity contribution in [2.24, 2.45) is 0 Å². The maximum absolute atomic E-state index is 13.0. The number of thioether (sulfide) groups is 1. The average Bonchev–Trinajstić information content (AvgIpc) is 3.13. The molecule has 0 aliphatic carbocycles. The molecule has 2 aromatic carbocycles. The third-order valence-corrected chi connectivity index (χ3v) is 8.35. The van der Waals surface area contributed by atoms with Gasteiger partial charge >= 0.3 is 0 Å². The van der Waals surface area contributed by atoms with Crippen LogP contribution in [0.4, 0.5) is 11.4 Å². The molecule has 0 saturated heterocycles. The van der Waals surface area contributed by atoms with Crippen LogP contribution in [-0.4, -0.2) is 51.1 Å². The zero-order valence-electron chi connectivity index (χ0n) is 17.2. The van der Waals surface area contributed by atoms with E-state index in [1.807, 2.05) is 57.1 Å². The van der Waals surface area contributed by atoms with E-state index in [1.165, 1.54) is 9.87 Å². The molecule has 1 heterocycles. The number of fused-ring (bicyclic) bond motifs is 1. The van der Waals surface area contributed by atoms with Crippen LogP contribution in [0.15, 0.2) is 52.3 Å². The van der Waals surface area contributed by atoms with Crippen molar-refractivity contribution >= 4 is 39.1 Å². The summed E-state index contributed by atoms with van der Waals surface area (Å²) in [5.41, 5.74) is 2.44. The Bertz CT molecular complexity index is 977. The van der Waals surface area contributed by atoms with Crippen LogP contribution in [0.3, 0.4) is 0 Å². The van der Waals surface area contributed by atoms with Gasteiger partial charge in [-0.15, -0.1) is 11.8 Å². The summed E-state index contributed by atoms with van der Waals surface area (Å²) in [6.07, 6.45) is 0.668. The maximum Gasteiger partial charge on any atom is 0.243 e. The molecule has 3 rings (SSSR count). The minimum absolute atomic E-state index is 0.119. The molecular weight excluding hydrogens is 406 g/mol. The molecule has 0 saturated carbocycles. The number of carbonyl (C=O) groups is 1. The summed E-state index contributed by atoms with van der Waals surface area (Å²) in [5.74, 6) is -0.119. The van der Waals surface area contributed by atoms with E-state index < -0.39 is 10.0 Å². The Morgan fingerprint density at radius 2 is 1.83 bits per heavy atom. The molecule has 1 atom stereocenters. The zero-order chi connectivity index (χ0) is 21.2. The Hall–Kier alpha value is -2.03. The smallest absolute Gasteiger partial charge is 0.243 e. The van der Waals surface area contributed by atoms with Crippen LogP contribution in [0.5, 0.6) is 0 Å². The molecule has 0 spiro atoms. The van der Waals surface area contributed by atoms with E-state index in [0.717, 1.165) is 10.6 Å². The maximum atomic E-state index is 13.0. The molecule has 8 heteroatoms. The molecule has 29 heavy (non-hydrogen) atoms. The van der Waals surface area contributed by atoms with Gasteiger partial charge in [0.15, 0.2) is 0 Å². The van der Waals surface area contributed by atoms with Crippen molar-refractivity contribution in [1.29, 1.82) is 0 Å². The number of benzene rings is 2. The Labute approximate surface area is 177 Å². The van der Waals surface area contributed by atoms with E-state index in [4.69, 9.17) is 0 Å². The Kier molecular flexibility index (Phi) is 6.55. The van der Waals surface area contributed by atoms with Gasteiger partial charge in [0.05, 0.1) is 21.5 Å². The molecular formula is C21H27N3O3S2. The number of hydrogen-bond acceptors (Lipinski definition) is 5. The van der Waals surface area contributed by atoms with Crippen LogP contribution in [0.25, 0.3) is 0 Å². The second kappa shape index (κ2) is 8.77. The SMILES string of the molecule is CCN(CC)S(=O)(=O)c1ccc(N(C)C)c(NC(=O)C2Cc3ccccc3S2)c1. The number of amides is 1. The topological polar surface area (TPSA) is 69.7 Å². The van der Waals surface area contributed by atoms with Gasteiger partial charge in [0, 0.05) is 32.1 Å². The molecule has 0 aromatic heterocycles. The number of anilines is 2. The van der Waals surface area contributed by atoms with Gasteiger partial charge in [-0.05, 0) is 36.2 Å². The van der Waals surface area contributed by atoms with Gasteiger partial charge in [0.25, 0.3) is 0 Å². The molecule has 1 aliphatic rings. The highest BCUT2D eigenvalue weighted by atomic mass is 32.2. The van der Waals surface area contributed by atoms with E-state index in [2.05, 4.69) is 5.32 Å². The van der Waals surface area contributed by atoms with Crippen LogP contribution in [0.1, 0.15) is 19.4 Å². The van der Waals surface area contributed by atoms with Gasteiger partial charge in [-0.1, -0.05) is 32.0 Å². The second-order valence-electron chi connectivity index (χ2n) is 7.07. The van der Waals surface area contributed by atoms with Crippen molar-refractivity contribution in [3.05, 3.63) is 48.0 Å². The Morgan fingerprint density at radius 3 is 2.45 bits per heavy atom. The first kappa shape index (κ1) is 21.7. The third-order valence-electron chi connectivity index (χ3n) is 4.99. The number of carbonyl (C=O) groups excluding carboxylic acids is 1. The second-order valence-corrected chi connectivity index (χ2v) is 10.3. The number of hydrogen-bond donors (Lipinski definition) is 1. The van der Waals surface area contributed by atoms with Crippen LogP contribution in [-0.2, 0) is 21.2 Å². The minimum atomic E-state index is -3.61. The predicted octanol–water partition coefficient (Wildman–Crippen LogP) is 3.44. The molecule has 6 nitrogen and oxygen atoms in total. The van der Waals surface area contributed by atoms with E-state index >= 15 is 0 Å². The van der Waals surface area contributed by atoms with Crippen molar-refractivity contribution in [3.63, 3.8) is 0 Å². The average molecular weight is 434 g/mol. The highest BCUT2D eigenvalue weighted by molar-refractivity contribution is 8.01. The highest BCUT2D eigenvalue weighted by Crippen LogP contribution is 2.38. The summed E-state index contributed by atoms with van der Waals surface area (Å²) < 4.78 is 27.2. The van der Waals surface area contributed by atoms with Crippen LogP contribution in [0, 0.1) is 0 Å². The lowest BCUT2D eigenvalue weighted by Gasteiger charge is -2.22. The lowest BCUT2D eigenvalue weighted by Crippen LogP contribution is -2.31. The summed E-state index contributed by atoms with van der Waals surface area (Å²) >= 11 is 1.55. The van der Waals surface area contributed by atoms with Gasteiger partial charge < -0.3 is 10.2 Å². The van der Waals surface area contributed by atoms with Gasteiger partial charge in [-0.25, -0.2) is 8.42 Å². The van der Waals surface area contributed by atoms with Crippen LogP contribution in [0.2, 0.25) is 0 Å². The van der Waals surface area contributed by atoms with Gasteiger partial charge in [-0.2, -0.15) is 4.31 Å². The molecule has 1 amide bonds. The molecule has 2 aromatic rings. The number of nitrogens with one attached hydrogen (secondary N) is 1. The molecule has 0 radical (unpaired) electrons. The first-order valence-corrected chi connectivity index (χ1v) is 12.0. The van der Waals surface area contributed by atoms with Crippen LogP contribution < -0.4 is 10.2 Å². The quantitative estimate of drug-likeness (QED) is 0.724. The summed E-state index contributed by atoms with van der Waals surface area (Å²) in [7, 11) is 0.123. The molecule has 1 unspecified atom stereocenters. The van der Waals surface area contributed by atoms with Gasteiger partial charge in [0.1, 0.15) is 0 Å². The monoisotopic (exact) mass is 433 g/mol. The van der Waals surface area contributed by atoms with Gasteiger partial charge in [0.2, 0.25) is 15.9 Å². The minimum Gasteiger partial charge on any atom is -0.376 e. The largest absolute Gasteiger partial charge is 0.376 e. The first-order valence-electron chi connectivity index (χ1n) is 9.64. The van der Waals surface area contributed by atoms with Crippen molar-refractivity contribution in [1.82, 2.24) is 4.31 Å². The van der Waals surface area contributed by atoms with Gasteiger partial charge in [-0.3, -0.25) is 4.79 Å². The standard InChI is InChI=1S/C21H27N3O3S2/c1-5-24(6-2)29(26,27)16-11-12-18(23(3)4)17(14-16)22-21(25)20-13-15-9-7-8-10-19(15)28-20/h7-12,14,20H,5-6,13H2,1-4H3,(H,22,25). The Balaban J connectivity index is 1.89. The normalized spacial score (nSPS) is 16.0. The molecule has 0 bridgehead atoms. The number of sulfonamides is 1. The zero-order valence-corrected chi connectivity index (χ0v) is 18.8.